The molecule has 2 aromatic heterocycles. The lowest BCUT2D eigenvalue weighted by Gasteiger charge is -2.16. The van der Waals surface area contributed by atoms with Gasteiger partial charge in [0.25, 0.3) is 0 Å². The highest BCUT2D eigenvalue weighted by Crippen LogP contribution is 2.22. The van der Waals surface area contributed by atoms with E-state index in [1.807, 2.05) is 17.5 Å². The number of rotatable bonds is 5. The van der Waals surface area contributed by atoms with Crippen molar-refractivity contribution < 1.29 is 9.59 Å². The van der Waals surface area contributed by atoms with E-state index >= 15 is 0 Å². The zero-order chi connectivity index (χ0) is 14.4. The molecule has 0 aliphatic carbocycles. The third-order valence-corrected chi connectivity index (χ3v) is 3.57. The Kier molecular flexibility index (Phi) is 4.84. The Balaban J connectivity index is 2.00. The van der Waals surface area contributed by atoms with Crippen molar-refractivity contribution in [2.24, 2.45) is 0 Å². The third-order valence-electron chi connectivity index (χ3n) is 2.59. The van der Waals surface area contributed by atoms with Crippen LogP contribution in [0.4, 0.5) is 5.82 Å². The number of aromatic nitrogens is 1. The van der Waals surface area contributed by atoms with Crippen molar-refractivity contribution in [1.82, 2.24) is 10.3 Å². The summed E-state index contributed by atoms with van der Waals surface area (Å²) in [6, 6.07) is 8.78. The summed E-state index contributed by atoms with van der Waals surface area (Å²) in [7, 11) is 0. The van der Waals surface area contributed by atoms with Gasteiger partial charge in [0.2, 0.25) is 11.8 Å². The number of anilines is 1. The van der Waals surface area contributed by atoms with E-state index in [0.29, 0.717) is 5.82 Å². The highest BCUT2D eigenvalue weighted by molar-refractivity contribution is 7.10. The van der Waals surface area contributed by atoms with Gasteiger partial charge >= 0.3 is 0 Å². The minimum Gasteiger partial charge on any atom is -0.348 e. The zero-order valence-electron chi connectivity index (χ0n) is 11.0. The summed E-state index contributed by atoms with van der Waals surface area (Å²) >= 11 is 1.51. The Morgan fingerprint density at radius 1 is 1.30 bits per heavy atom. The van der Waals surface area contributed by atoms with E-state index in [-0.39, 0.29) is 24.3 Å². The standard InChI is InChI=1S/C14H15N3O2S/c1-10(18)16-11(12-5-4-8-20-12)9-14(19)17-13-6-2-3-7-15-13/h2-8,11H,9H2,1H3,(H,16,18)(H,15,17,19). The van der Waals surface area contributed by atoms with E-state index in [4.69, 9.17) is 0 Å². The molecule has 0 radical (unpaired) electrons. The predicted molar refractivity (Wildman–Crippen MR) is 78.4 cm³/mol. The summed E-state index contributed by atoms with van der Waals surface area (Å²) in [5.74, 6) is 0.162. The van der Waals surface area contributed by atoms with Crippen molar-refractivity contribution in [3.63, 3.8) is 0 Å². The Hall–Kier alpha value is -2.21. The molecule has 0 saturated heterocycles. The maximum absolute atomic E-state index is 12.0. The Bertz CT molecular complexity index is 569. The van der Waals surface area contributed by atoms with Crippen LogP contribution >= 0.6 is 11.3 Å². The molecule has 0 spiro atoms. The molecule has 2 N–H and O–H groups in total. The van der Waals surface area contributed by atoms with Crippen LogP contribution in [-0.4, -0.2) is 16.8 Å². The van der Waals surface area contributed by atoms with E-state index in [0.717, 1.165) is 4.88 Å². The summed E-state index contributed by atoms with van der Waals surface area (Å²) in [6.45, 7) is 1.44. The molecule has 0 aromatic carbocycles. The molecule has 104 valence electrons. The topological polar surface area (TPSA) is 71.1 Å². The quantitative estimate of drug-likeness (QED) is 0.887. The fourth-order valence-corrected chi connectivity index (χ4v) is 2.55. The lowest BCUT2D eigenvalue weighted by Crippen LogP contribution is -2.29. The van der Waals surface area contributed by atoms with Gasteiger partial charge in [0.15, 0.2) is 0 Å². The number of hydrogen-bond acceptors (Lipinski definition) is 4. The average molecular weight is 289 g/mol. The molecule has 1 unspecified atom stereocenters. The van der Waals surface area contributed by atoms with Crippen molar-refractivity contribution in [3.05, 3.63) is 46.8 Å². The number of carbonyl (C=O) groups is 2. The van der Waals surface area contributed by atoms with E-state index in [2.05, 4.69) is 15.6 Å². The molecule has 0 fully saturated rings. The fourth-order valence-electron chi connectivity index (χ4n) is 1.77. The normalized spacial score (nSPS) is 11.7. The molecule has 0 aliphatic heterocycles. The molecule has 0 saturated carbocycles. The number of thiophene rings is 1. The van der Waals surface area contributed by atoms with Crippen molar-refractivity contribution in [1.29, 1.82) is 0 Å². The average Bonchev–Trinajstić information content (AvgIpc) is 2.92. The minimum absolute atomic E-state index is 0.158. The summed E-state index contributed by atoms with van der Waals surface area (Å²) in [5.41, 5.74) is 0. The molecule has 2 heterocycles. The van der Waals surface area contributed by atoms with Crippen molar-refractivity contribution >= 4 is 29.0 Å². The SMILES string of the molecule is CC(=O)NC(CC(=O)Nc1ccccn1)c1cccs1. The molecule has 5 nitrogen and oxygen atoms in total. The first-order valence-electron chi connectivity index (χ1n) is 6.16. The van der Waals surface area contributed by atoms with Crippen LogP contribution < -0.4 is 10.6 Å². The lowest BCUT2D eigenvalue weighted by molar-refractivity contribution is -0.120. The molecule has 20 heavy (non-hydrogen) atoms. The highest BCUT2D eigenvalue weighted by Gasteiger charge is 2.18. The number of carbonyl (C=O) groups excluding carboxylic acids is 2. The lowest BCUT2D eigenvalue weighted by atomic mass is 10.1. The second kappa shape index (κ2) is 6.81. The van der Waals surface area contributed by atoms with Crippen LogP contribution in [0.5, 0.6) is 0 Å². The smallest absolute Gasteiger partial charge is 0.227 e. The Morgan fingerprint density at radius 3 is 2.75 bits per heavy atom. The summed E-state index contributed by atoms with van der Waals surface area (Å²) in [5, 5.41) is 7.42. The van der Waals surface area contributed by atoms with Gasteiger partial charge in [-0.3, -0.25) is 9.59 Å². The van der Waals surface area contributed by atoms with Gasteiger partial charge in [-0.25, -0.2) is 4.98 Å². The maximum atomic E-state index is 12.0. The second-order valence-electron chi connectivity index (χ2n) is 4.24. The number of hydrogen-bond donors (Lipinski definition) is 2. The first-order valence-corrected chi connectivity index (χ1v) is 7.04. The molecule has 6 heteroatoms. The largest absolute Gasteiger partial charge is 0.348 e. The molecule has 2 rings (SSSR count). The predicted octanol–water partition coefficient (Wildman–Crippen LogP) is 2.35. The van der Waals surface area contributed by atoms with Crippen LogP contribution in [-0.2, 0) is 9.59 Å². The van der Waals surface area contributed by atoms with Crippen molar-refractivity contribution in [2.45, 2.75) is 19.4 Å². The van der Waals surface area contributed by atoms with E-state index in [1.54, 1.807) is 24.4 Å². The van der Waals surface area contributed by atoms with Gasteiger partial charge in [0.1, 0.15) is 5.82 Å². The van der Waals surface area contributed by atoms with E-state index in [1.165, 1.54) is 18.3 Å². The Morgan fingerprint density at radius 2 is 2.15 bits per heavy atom. The van der Waals surface area contributed by atoms with Crippen LogP contribution in [0.25, 0.3) is 0 Å². The minimum atomic E-state index is -0.309. The van der Waals surface area contributed by atoms with E-state index in [9.17, 15) is 9.59 Å². The first kappa shape index (κ1) is 14.2. The summed E-state index contributed by atoms with van der Waals surface area (Å²) < 4.78 is 0. The van der Waals surface area contributed by atoms with Crippen LogP contribution in [0.15, 0.2) is 41.9 Å². The van der Waals surface area contributed by atoms with Gasteiger partial charge in [-0.05, 0) is 23.6 Å². The van der Waals surface area contributed by atoms with Gasteiger partial charge in [0, 0.05) is 18.0 Å². The molecule has 2 aromatic rings. The van der Waals surface area contributed by atoms with Crippen LogP contribution in [0.2, 0.25) is 0 Å². The number of amides is 2. The monoisotopic (exact) mass is 289 g/mol. The number of pyridine rings is 1. The van der Waals surface area contributed by atoms with Gasteiger partial charge in [-0.15, -0.1) is 11.3 Å². The molecule has 1 atom stereocenters. The van der Waals surface area contributed by atoms with Crippen LogP contribution in [0.3, 0.4) is 0 Å². The summed E-state index contributed by atoms with van der Waals surface area (Å²) in [6.07, 6.45) is 1.79. The zero-order valence-corrected chi connectivity index (χ0v) is 11.8. The number of nitrogens with one attached hydrogen (secondary N) is 2. The van der Waals surface area contributed by atoms with Crippen LogP contribution in [0, 0.1) is 0 Å². The van der Waals surface area contributed by atoms with Gasteiger partial charge in [0.05, 0.1) is 12.5 Å². The molecule has 2 amide bonds. The van der Waals surface area contributed by atoms with Crippen LogP contribution in [0.1, 0.15) is 24.3 Å². The van der Waals surface area contributed by atoms with Crippen molar-refractivity contribution in [2.75, 3.05) is 5.32 Å². The molecular weight excluding hydrogens is 274 g/mol. The second-order valence-corrected chi connectivity index (χ2v) is 5.22. The Labute approximate surface area is 121 Å². The van der Waals surface area contributed by atoms with Gasteiger partial charge < -0.3 is 10.6 Å². The molecular formula is C14H15N3O2S. The van der Waals surface area contributed by atoms with Gasteiger partial charge in [-0.1, -0.05) is 12.1 Å². The van der Waals surface area contributed by atoms with E-state index < -0.39 is 0 Å². The third kappa shape index (κ3) is 4.17. The van der Waals surface area contributed by atoms with Crippen molar-refractivity contribution in [3.8, 4) is 0 Å². The highest BCUT2D eigenvalue weighted by atomic mass is 32.1. The number of nitrogens with zero attached hydrogens (tertiary/aromatic N) is 1. The van der Waals surface area contributed by atoms with Gasteiger partial charge in [-0.2, -0.15) is 0 Å². The first-order chi connectivity index (χ1) is 9.65. The summed E-state index contributed by atoms with van der Waals surface area (Å²) in [4.78, 5) is 28.2. The molecule has 0 bridgehead atoms. The fraction of sp³-hybridized carbons (Fsp3) is 0.214. The maximum Gasteiger partial charge on any atom is 0.227 e. The molecule has 0 aliphatic rings.